The molecular weight excluding hydrogens is 538 g/mol. The standard InChI is InChI=1S/C29H32F2N4O6/c1-16(2)26-27(37)32-14-22-17(3)41-28(33-22)18-6-9-23(39-4)24(12-18)40-11-5-10-35(15-25(36)34-26)29(38)20-8-7-19(30)13-21(20)31/h6-9,12-13,16,26H,5,10-11,14-15H2,1-4H3,(H,32,37)(H,34,36)/t26-/m0/s1. The molecule has 0 spiro atoms. The maximum absolute atomic E-state index is 14.5. The lowest BCUT2D eigenvalue weighted by molar-refractivity contribution is -0.130. The third kappa shape index (κ3) is 7.00. The van der Waals surface area contributed by atoms with E-state index in [1.807, 2.05) is 0 Å². The summed E-state index contributed by atoms with van der Waals surface area (Å²) in [6.07, 6.45) is 0.256. The number of oxazole rings is 1. The number of carbonyl (C=O) groups is 3. The molecule has 10 nitrogen and oxygen atoms in total. The number of rotatable bonds is 3. The Labute approximate surface area is 236 Å². The molecule has 41 heavy (non-hydrogen) atoms. The van der Waals surface area contributed by atoms with Gasteiger partial charge in [0.1, 0.15) is 29.1 Å². The number of methoxy groups -OCH3 is 1. The van der Waals surface area contributed by atoms with Crippen molar-refractivity contribution in [2.24, 2.45) is 5.92 Å². The van der Waals surface area contributed by atoms with Gasteiger partial charge in [-0.05, 0) is 49.6 Å². The highest BCUT2D eigenvalue weighted by Crippen LogP contribution is 2.33. The first kappa shape index (κ1) is 29.5. The lowest BCUT2D eigenvalue weighted by Gasteiger charge is -2.26. The first-order valence-corrected chi connectivity index (χ1v) is 13.2. The third-order valence-corrected chi connectivity index (χ3v) is 6.61. The lowest BCUT2D eigenvalue weighted by atomic mass is 10.0. The SMILES string of the molecule is COc1ccc2cc1OCCCN(C(=O)c1ccc(F)cc1F)CC(=O)N[C@@H](C(C)C)C(=O)NCc1nc-2oc1C. The van der Waals surface area contributed by atoms with E-state index in [9.17, 15) is 23.2 Å². The van der Waals surface area contributed by atoms with Crippen molar-refractivity contribution >= 4 is 17.7 Å². The summed E-state index contributed by atoms with van der Waals surface area (Å²) >= 11 is 0. The fourth-order valence-corrected chi connectivity index (χ4v) is 4.37. The summed E-state index contributed by atoms with van der Waals surface area (Å²) in [6, 6.07) is 6.86. The van der Waals surface area contributed by atoms with Gasteiger partial charge >= 0.3 is 0 Å². The smallest absolute Gasteiger partial charge is 0.257 e. The van der Waals surface area contributed by atoms with Gasteiger partial charge in [-0.1, -0.05) is 13.8 Å². The van der Waals surface area contributed by atoms with E-state index in [4.69, 9.17) is 13.9 Å². The summed E-state index contributed by atoms with van der Waals surface area (Å²) in [5.41, 5.74) is 0.757. The zero-order valence-electron chi connectivity index (χ0n) is 23.3. The van der Waals surface area contributed by atoms with Crippen LogP contribution in [0.4, 0.5) is 8.78 Å². The number of halogens is 2. The number of amides is 3. The van der Waals surface area contributed by atoms with Crippen molar-refractivity contribution in [3.63, 3.8) is 0 Å². The Morgan fingerprint density at radius 3 is 2.66 bits per heavy atom. The van der Waals surface area contributed by atoms with Gasteiger partial charge in [-0.15, -0.1) is 0 Å². The maximum atomic E-state index is 14.5. The Morgan fingerprint density at radius 1 is 1.17 bits per heavy atom. The quantitative estimate of drug-likeness (QED) is 0.493. The van der Waals surface area contributed by atoms with Crippen molar-refractivity contribution in [2.75, 3.05) is 26.8 Å². The normalized spacial score (nSPS) is 16.8. The van der Waals surface area contributed by atoms with Crippen molar-refractivity contribution in [2.45, 2.75) is 39.8 Å². The van der Waals surface area contributed by atoms with Gasteiger partial charge in [-0.3, -0.25) is 14.4 Å². The monoisotopic (exact) mass is 570 g/mol. The van der Waals surface area contributed by atoms with E-state index in [2.05, 4.69) is 15.6 Å². The Balaban J connectivity index is 1.66. The number of aryl methyl sites for hydroxylation is 1. The van der Waals surface area contributed by atoms with Crippen molar-refractivity contribution in [3.05, 3.63) is 65.1 Å². The molecule has 1 aliphatic rings. The molecule has 1 atom stereocenters. The van der Waals surface area contributed by atoms with Crippen LogP contribution in [-0.2, 0) is 16.1 Å². The molecule has 0 radical (unpaired) electrons. The van der Waals surface area contributed by atoms with E-state index in [1.54, 1.807) is 39.0 Å². The molecule has 0 fully saturated rings. The van der Waals surface area contributed by atoms with E-state index < -0.39 is 41.9 Å². The molecule has 1 aromatic heterocycles. The van der Waals surface area contributed by atoms with Crippen molar-refractivity contribution in [1.29, 1.82) is 0 Å². The highest BCUT2D eigenvalue weighted by molar-refractivity contribution is 5.97. The van der Waals surface area contributed by atoms with E-state index in [-0.39, 0.29) is 37.6 Å². The zero-order valence-corrected chi connectivity index (χ0v) is 23.3. The fraction of sp³-hybridized carbons (Fsp3) is 0.379. The van der Waals surface area contributed by atoms with Gasteiger partial charge in [0.05, 0.1) is 32.4 Å². The minimum absolute atomic E-state index is 0.00586. The summed E-state index contributed by atoms with van der Waals surface area (Å²) in [4.78, 5) is 45.0. The number of benzene rings is 2. The van der Waals surface area contributed by atoms with Crippen LogP contribution in [0.3, 0.4) is 0 Å². The van der Waals surface area contributed by atoms with Gasteiger partial charge in [-0.25, -0.2) is 13.8 Å². The fourth-order valence-electron chi connectivity index (χ4n) is 4.37. The predicted molar refractivity (Wildman–Crippen MR) is 144 cm³/mol. The molecule has 4 bridgehead atoms. The van der Waals surface area contributed by atoms with Crippen LogP contribution in [0.25, 0.3) is 11.5 Å². The molecule has 0 aliphatic carbocycles. The van der Waals surface area contributed by atoms with Gasteiger partial charge < -0.3 is 29.4 Å². The molecule has 3 aromatic rings. The molecule has 4 rings (SSSR count). The Hall–Kier alpha value is -4.48. The molecule has 218 valence electrons. The van der Waals surface area contributed by atoms with Gasteiger partial charge in [0.25, 0.3) is 5.91 Å². The Bertz CT molecular complexity index is 1440. The molecule has 2 heterocycles. The largest absolute Gasteiger partial charge is 0.493 e. The Kier molecular flexibility index (Phi) is 9.21. The van der Waals surface area contributed by atoms with Crippen LogP contribution in [0.15, 0.2) is 40.8 Å². The highest BCUT2D eigenvalue weighted by Gasteiger charge is 2.28. The summed E-state index contributed by atoms with van der Waals surface area (Å²) in [7, 11) is 1.50. The van der Waals surface area contributed by atoms with E-state index in [1.165, 1.54) is 7.11 Å². The molecule has 0 saturated carbocycles. The van der Waals surface area contributed by atoms with E-state index in [0.717, 1.165) is 17.0 Å². The molecular formula is C29H32F2N4O6. The van der Waals surface area contributed by atoms with Crippen LogP contribution in [-0.4, -0.2) is 60.5 Å². The van der Waals surface area contributed by atoms with Crippen molar-refractivity contribution in [3.8, 4) is 23.0 Å². The van der Waals surface area contributed by atoms with Gasteiger partial charge in [0, 0.05) is 18.2 Å². The molecule has 2 aromatic carbocycles. The number of hydrogen-bond donors (Lipinski definition) is 2. The summed E-state index contributed by atoms with van der Waals surface area (Å²) < 4.78 is 45.1. The average Bonchev–Trinajstić information content (AvgIpc) is 3.31. The number of hydrogen-bond acceptors (Lipinski definition) is 7. The van der Waals surface area contributed by atoms with Crippen molar-refractivity contribution < 1.29 is 37.1 Å². The van der Waals surface area contributed by atoms with Crippen LogP contribution in [0, 0.1) is 24.5 Å². The van der Waals surface area contributed by atoms with Crippen molar-refractivity contribution in [1.82, 2.24) is 20.5 Å². The molecule has 2 N–H and O–H groups in total. The molecule has 3 amide bonds. The third-order valence-electron chi connectivity index (χ3n) is 6.61. The number of nitrogens with zero attached hydrogens (tertiary/aromatic N) is 2. The number of carbonyl (C=O) groups excluding carboxylic acids is 3. The minimum atomic E-state index is -1.04. The summed E-state index contributed by atoms with van der Waals surface area (Å²) in [5.74, 6) is -2.33. The number of ether oxygens (including phenoxy) is 2. The van der Waals surface area contributed by atoms with Crippen LogP contribution < -0.4 is 20.1 Å². The second-order valence-corrected chi connectivity index (χ2v) is 9.95. The first-order valence-electron chi connectivity index (χ1n) is 13.2. The summed E-state index contributed by atoms with van der Waals surface area (Å²) in [5, 5.41) is 5.46. The molecule has 0 saturated heterocycles. The van der Waals surface area contributed by atoms with Gasteiger partial charge in [-0.2, -0.15) is 0 Å². The van der Waals surface area contributed by atoms with Gasteiger partial charge in [0.15, 0.2) is 11.5 Å². The minimum Gasteiger partial charge on any atom is -0.493 e. The second-order valence-electron chi connectivity index (χ2n) is 9.95. The number of fused-ring (bicyclic) bond motifs is 5. The second kappa shape index (κ2) is 12.8. The molecule has 0 unspecified atom stereocenters. The molecule has 12 heteroatoms. The number of aromatic nitrogens is 1. The molecule has 1 aliphatic heterocycles. The number of nitrogens with one attached hydrogen (secondary N) is 2. The van der Waals surface area contributed by atoms with Crippen LogP contribution >= 0.6 is 0 Å². The highest BCUT2D eigenvalue weighted by atomic mass is 19.1. The summed E-state index contributed by atoms with van der Waals surface area (Å²) in [6.45, 7) is 4.99. The topological polar surface area (TPSA) is 123 Å². The predicted octanol–water partition coefficient (Wildman–Crippen LogP) is 3.62. The van der Waals surface area contributed by atoms with Crippen LogP contribution in [0.5, 0.6) is 11.5 Å². The first-order chi connectivity index (χ1) is 19.6. The zero-order chi connectivity index (χ0) is 29.7. The lowest BCUT2D eigenvalue weighted by Crippen LogP contribution is -2.52. The maximum Gasteiger partial charge on any atom is 0.257 e. The van der Waals surface area contributed by atoms with E-state index >= 15 is 0 Å². The van der Waals surface area contributed by atoms with Gasteiger partial charge in [0.2, 0.25) is 17.7 Å². The Morgan fingerprint density at radius 2 is 1.95 bits per heavy atom. The van der Waals surface area contributed by atoms with Crippen LogP contribution in [0.1, 0.15) is 42.1 Å². The van der Waals surface area contributed by atoms with Crippen LogP contribution in [0.2, 0.25) is 0 Å². The average molecular weight is 571 g/mol. The van der Waals surface area contributed by atoms with E-state index in [0.29, 0.717) is 40.5 Å².